The van der Waals surface area contributed by atoms with Crippen LogP contribution in [0.3, 0.4) is 0 Å². The number of rotatable bonds is 4. The van der Waals surface area contributed by atoms with Crippen LogP contribution in [0.15, 0.2) is 16.6 Å². The van der Waals surface area contributed by atoms with Gasteiger partial charge in [-0.25, -0.2) is 9.37 Å². The monoisotopic (exact) mass is 376 g/mol. The highest BCUT2D eigenvalue weighted by Crippen LogP contribution is 2.45. The Balaban J connectivity index is 2.10. The Bertz CT molecular complexity index is 649. The minimum absolute atomic E-state index is 0.258. The van der Waals surface area contributed by atoms with Crippen LogP contribution in [0.4, 0.5) is 4.39 Å². The van der Waals surface area contributed by atoms with Crippen molar-refractivity contribution in [3.8, 4) is 0 Å². The largest absolute Gasteiger partial charge is 0.325 e. The van der Waals surface area contributed by atoms with E-state index < -0.39 is 0 Å². The summed E-state index contributed by atoms with van der Waals surface area (Å²) in [5.41, 5.74) is 1.63. The van der Waals surface area contributed by atoms with E-state index in [0.717, 1.165) is 23.4 Å². The molecule has 1 fully saturated rings. The molecule has 0 N–H and O–H groups in total. The Morgan fingerprint density at radius 3 is 2.80 bits per heavy atom. The zero-order valence-corrected chi connectivity index (χ0v) is 14.3. The van der Waals surface area contributed by atoms with E-state index in [1.807, 2.05) is 11.8 Å². The lowest BCUT2D eigenvalue weighted by atomic mass is 9.84. The van der Waals surface area contributed by atoms with Gasteiger partial charge in [0.15, 0.2) is 0 Å². The third-order valence-corrected chi connectivity index (χ3v) is 6.38. The van der Waals surface area contributed by atoms with Crippen LogP contribution >= 0.6 is 39.3 Å². The predicted molar refractivity (Wildman–Crippen MR) is 87.0 cm³/mol. The van der Waals surface area contributed by atoms with Crippen molar-refractivity contribution >= 4 is 50.3 Å². The van der Waals surface area contributed by atoms with Gasteiger partial charge in [-0.05, 0) is 41.1 Å². The average Bonchev–Trinajstić information content (AvgIpc) is 2.72. The summed E-state index contributed by atoms with van der Waals surface area (Å²) in [5.74, 6) is 0.907. The number of halogens is 3. The lowest BCUT2D eigenvalue weighted by Crippen LogP contribution is -2.38. The Hall–Kier alpha value is -0.260. The molecular formula is C14H15BrClFN2S. The third-order valence-electron chi connectivity index (χ3n) is 4.13. The van der Waals surface area contributed by atoms with Crippen LogP contribution < -0.4 is 0 Å². The number of imidazole rings is 1. The smallest absolute Gasteiger partial charge is 0.139 e. The van der Waals surface area contributed by atoms with Gasteiger partial charge in [0, 0.05) is 17.4 Å². The van der Waals surface area contributed by atoms with Crippen LogP contribution in [0.2, 0.25) is 0 Å². The summed E-state index contributed by atoms with van der Waals surface area (Å²) < 4.78 is 16.6. The molecule has 0 saturated heterocycles. The van der Waals surface area contributed by atoms with E-state index in [2.05, 4.69) is 31.7 Å². The number of benzene rings is 1. The Labute approximate surface area is 135 Å². The van der Waals surface area contributed by atoms with Gasteiger partial charge in [-0.1, -0.05) is 6.42 Å². The molecule has 0 spiro atoms. The highest BCUT2D eigenvalue weighted by Gasteiger charge is 2.37. The second kappa shape index (κ2) is 5.50. The Morgan fingerprint density at radius 1 is 1.50 bits per heavy atom. The van der Waals surface area contributed by atoms with Gasteiger partial charge in [0.2, 0.25) is 0 Å². The molecule has 1 saturated carbocycles. The summed E-state index contributed by atoms with van der Waals surface area (Å²) in [4.78, 5) is 4.54. The van der Waals surface area contributed by atoms with Crippen LogP contribution in [-0.2, 0) is 12.4 Å². The predicted octanol–water partition coefficient (Wildman–Crippen LogP) is 4.96. The molecule has 0 amide bonds. The fraction of sp³-hybridized carbons (Fsp3) is 0.500. The number of nitrogens with zero attached hydrogens (tertiary/aromatic N) is 2. The molecule has 0 unspecified atom stereocenters. The maximum atomic E-state index is 13.8. The topological polar surface area (TPSA) is 17.8 Å². The lowest BCUT2D eigenvalue weighted by Gasteiger charge is -2.41. The van der Waals surface area contributed by atoms with Crippen LogP contribution in [-0.4, -0.2) is 20.6 Å². The fourth-order valence-electron chi connectivity index (χ4n) is 2.73. The van der Waals surface area contributed by atoms with Gasteiger partial charge in [0.1, 0.15) is 11.6 Å². The molecule has 0 atom stereocenters. The number of aromatic nitrogens is 2. The zero-order chi connectivity index (χ0) is 14.3. The molecule has 20 heavy (non-hydrogen) atoms. The summed E-state index contributed by atoms with van der Waals surface area (Å²) in [5, 5.41) is 0. The van der Waals surface area contributed by atoms with Crippen molar-refractivity contribution < 1.29 is 4.39 Å². The van der Waals surface area contributed by atoms with E-state index in [0.29, 0.717) is 10.4 Å². The number of hydrogen-bond donors (Lipinski definition) is 0. The molecule has 2 aromatic rings. The highest BCUT2D eigenvalue weighted by atomic mass is 79.9. The van der Waals surface area contributed by atoms with E-state index in [1.54, 1.807) is 12.1 Å². The fourth-order valence-corrected chi connectivity index (χ4v) is 4.22. The maximum absolute atomic E-state index is 13.8. The summed E-state index contributed by atoms with van der Waals surface area (Å²) in [6.07, 6.45) is 5.82. The standard InChI is InChI=1S/C14H15BrClFN2S/c1-20-14(3-2-4-14)8-19-12-6-10(17)9(15)5-11(12)18-13(19)7-16/h5-6H,2-4,7-8H2,1H3. The van der Waals surface area contributed by atoms with Gasteiger partial charge in [0.05, 0.1) is 21.4 Å². The second-order valence-corrected chi connectivity index (χ2v) is 7.64. The first-order valence-corrected chi connectivity index (χ1v) is 9.09. The number of alkyl halides is 1. The Kier molecular flexibility index (Phi) is 4.04. The normalized spacial score (nSPS) is 17.4. The molecule has 1 aliphatic carbocycles. The number of hydrogen-bond acceptors (Lipinski definition) is 2. The van der Waals surface area contributed by atoms with Crippen LogP contribution in [0.5, 0.6) is 0 Å². The van der Waals surface area contributed by atoms with Crippen molar-refractivity contribution in [2.45, 2.75) is 36.4 Å². The minimum atomic E-state index is -0.258. The third kappa shape index (κ3) is 2.38. The van der Waals surface area contributed by atoms with Crippen molar-refractivity contribution in [1.82, 2.24) is 9.55 Å². The van der Waals surface area contributed by atoms with E-state index in [-0.39, 0.29) is 10.6 Å². The van der Waals surface area contributed by atoms with Crippen molar-refractivity contribution in [2.75, 3.05) is 6.26 Å². The first kappa shape index (κ1) is 14.7. The molecule has 0 radical (unpaired) electrons. The Morgan fingerprint density at radius 2 is 2.25 bits per heavy atom. The van der Waals surface area contributed by atoms with E-state index in [1.165, 1.54) is 19.3 Å². The van der Waals surface area contributed by atoms with E-state index >= 15 is 0 Å². The average molecular weight is 378 g/mol. The maximum Gasteiger partial charge on any atom is 0.139 e. The first-order chi connectivity index (χ1) is 9.58. The molecule has 2 nitrogen and oxygen atoms in total. The van der Waals surface area contributed by atoms with Crippen molar-refractivity contribution in [1.29, 1.82) is 0 Å². The molecule has 3 rings (SSSR count). The van der Waals surface area contributed by atoms with Crippen LogP contribution in [0.1, 0.15) is 25.1 Å². The SMILES string of the molecule is CSC1(Cn2c(CCl)nc3cc(Br)c(F)cc32)CCC1. The van der Waals surface area contributed by atoms with E-state index in [4.69, 9.17) is 11.6 Å². The number of fused-ring (bicyclic) bond motifs is 1. The molecule has 0 aliphatic heterocycles. The van der Waals surface area contributed by atoms with Crippen LogP contribution in [0.25, 0.3) is 11.0 Å². The van der Waals surface area contributed by atoms with Crippen molar-refractivity contribution in [2.24, 2.45) is 0 Å². The molecule has 1 aromatic heterocycles. The van der Waals surface area contributed by atoms with Gasteiger partial charge in [-0.2, -0.15) is 11.8 Å². The van der Waals surface area contributed by atoms with Crippen molar-refractivity contribution in [3.63, 3.8) is 0 Å². The molecule has 1 aromatic carbocycles. The molecule has 1 heterocycles. The summed E-state index contributed by atoms with van der Waals surface area (Å²) >= 11 is 11.1. The quantitative estimate of drug-likeness (QED) is 0.701. The van der Waals surface area contributed by atoms with Crippen molar-refractivity contribution in [3.05, 3.63) is 28.2 Å². The molecule has 0 bridgehead atoms. The highest BCUT2D eigenvalue weighted by molar-refractivity contribution is 9.10. The molecule has 1 aliphatic rings. The van der Waals surface area contributed by atoms with Gasteiger partial charge in [-0.15, -0.1) is 11.6 Å². The summed E-state index contributed by atoms with van der Waals surface area (Å²) in [6.45, 7) is 0.855. The van der Waals surface area contributed by atoms with E-state index in [9.17, 15) is 4.39 Å². The molecule has 108 valence electrons. The van der Waals surface area contributed by atoms with Crippen LogP contribution in [0, 0.1) is 5.82 Å². The minimum Gasteiger partial charge on any atom is -0.325 e. The van der Waals surface area contributed by atoms with Gasteiger partial charge < -0.3 is 4.57 Å². The van der Waals surface area contributed by atoms with Gasteiger partial charge in [0.25, 0.3) is 0 Å². The first-order valence-electron chi connectivity index (χ1n) is 6.54. The summed E-state index contributed by atoms with van der Waals surface area (Å²) in [6, 6.07) is 3.28. The van der Waals surface area contributed by atoms with Gasteiger partial charge in [-0.3, -0.25) is 0 Å². The number of thioether (sulfide) groups is 1. The lowest BCUT2D eigenvalue weighted by molar-refractivity contribution is 0.322. The zero-order valence-electron chi connectivity index (χ0n) is 11.1. The van der Waals surface area contributed by atoms with Gasteiger partial charge >= 0.3 is 0 Å². The molecular weight excluding hydrogens is 363 g/mol. The molecule has 6 heteroatoms. The second-order valence-electron chi connectivity index (χ2n) is 5.24. The summed E-state index contributed by atoms with van der Waals surface area (Å²) in [7, 11) is 0.